The van der Waals surface area contributed by atoms with E-state index in [2.05, 4.69) is 16.0 Å². The van der Waals surface area contributed by atoms with Crippen molar-refractivity contribution in [1.82, 2.24) is 15.5 Å². The molecule has 3 N–H and O–H groups in total. The largest absolute Gasteiger partial charge is 0.497 e. The summed E-state index contributed by atoms with van der Waals surface area (Å²) in [5.41, 5.74) is 2.87. The minimum atomic E-state index is -0.601. The van der Waals surface area contributed by atoms with Crippen LogP contribution in [0.3, 0.4) is 0 Å². The molecule has 2 aromatic carbocycles. The maximum Gasteiger partial charge on any atom is 0.256 e. The number of ether oxygens (including phenoxy) is 1. The van der Waals surface area contributed by atoms with Gasteiger partial charge in [0, 0.05) is 18.5 Å². The van der Waals surface area contributed by atoms with Gasteiger partial charge >= 0.3 is 0 Å². The lowest BCUT2D eigenvalue weighted by atomic mass is 9.93. The standard InChI is InChI=1S/C26H30N4O4/c1-34-20-5-2-16(3-6-20)18-4-7-22-21(14-18)26(33)30-13-10-19(15-23(30)25(32)29-22)28-24(31)17-8-11-27-12-9-17/h2-7,14,17,19,23,27H,8-13,15H2,1H3,(H,28,31)(H,29,32). The van der Waals surface area contributed by atoms with Gasteiger partial charge in [0.25, 0.3) is 5.91 Å². The number of hydrogen-bond donors (Lipinski definition) is 3. The van der Waals surface area contributed by atoms with Crippen molar-refractivity contribution in [3.05, 3.63) is 48.0 Å². The average Bonchev–Trinajstić information content (AvgIpc) is 2.98. The predicted molar refractivity (Wildman–Crippen MR) is 129 cm³/mol. The molecule has 5 rings (SSSR count). The van der Waals surface area contributed by atoms with Gasteiger partial charge in [0.1, 0.15) is 11.8 Å². The fourth-order valence-corrected chi connectivity index (χ4v) is 5.16. The number of carbonyl (C=O) groups excluding carboxylic acids is 3. The van der Waals surface area contributed by atoms with Crippen molar-refractivity contribution in [2.24, 2.45) is 5.92 Å². The number of rotatable bonds is 4. The molecule has 2 fully saturated rings. The number of nitrogens with one attached hydrogen (secondary N) is 3. The topological polar surface area (TPSA) is 99.8 Å². The lowest BCUT2D eigenvalue weighted by Crippen LogP contribution is -2.55. The Labute approximate surface area is 199 Å². The predicted octanol–water partition coefficient (Wildman–Crippen LogP) is 2.40. The van der Waals surface area contributed by atoms with Gasteiger partial charge in [-0.2, -0.15) is 0 Å². The molecule has 0 aromatic heterocycles. The fourth-order valence-electron chi connectivity index (χ4n) is 5.16. The Balaban J connectivity index is 1.33. The summed E-state index contributed by atoms with van der Waals surface area (Å²) >= 11 is 0. The second-order valence-corrected chi connectivity index (χ2v) is 9.25. The van der Waals surface area contributed by atoms with Gasteiger partial charge in [-0.1, -0.05) is 18.2 Å². The molecule has 2 aromatic rings. The van der Waals surface area contributed by atoms with E-state index >= 15 is 0 Å². The fraction of sp³-hybridized carbons (Fsp3) is 0.423. The molecule has 0 bridgehead atoms. The van der Waals surface area contributed by atoms with Crippen LogP contribution in [0.1, 0.15) is 36.0 Å². The van der Waals surface area contributed by atoms with Crippen LogP contribution in [0, 0.1) is 5.92 Å². The Hall–Kier alpha value is -3.39. The number of amides is 3. The lowest BCUT2D eigenvalue weighted by Gasteiger charge is -2.38. The highest BCUT2D eigenvalue weighted by molar-refractivity contribution is 6.10. The van der Waals surface area contributed by atoms with E-state index in [0.717, 1.165) is 42.8 Å². The first-order chi connectivity index (χ1) is 16.5. The van der Waals surface area contributed by atoms with E-state index in [1.54, 1.807) is 18.1 Å². The SMILES string of the molecule is COc1ccc(-c2ccc3c(c2)C(=O)N2CCC(NC(=O)C4CCNCC4)CC2C(=O)N3)cc1. The molecular weight excluding hydrogens is 432 g/mol. The molecule has 2 atom stereocenters. The second kappa shape index (κ2) is 9.46. The number of hydrogen-bond acceptors (Lipinski definition) is 5. The van der Waals surface area contributed by atoms with E-state index in [-0.39, 0.29) is 29.7 Å². The van der Waals surface area contributed by atoms with E-state index in [0.29, 0.717) is 30.6 Å². The number of fused-ring (bicyclic) bond motifs is 2. The van der Waals surface area contributed by atoms with E-state index in [1.807, 2.05) is 36.4 Å². The first-order valence-corrected chi connectivity index (χ1v) is 11.9. The van der Waals surface area contributed by atoms with Crippen molar-refractivity contribution >= 4 is 23.4 Å². The Bertz CT molecular complexity index is 1090. The van der Waals surface area contributed by atoms with Crippen molar-refractivity contribution in [2.45, 2.75) is 37.8 Å². The molecule has 0 saturated carbocycles. The third kappa shape index (κ3) is 4.37. The first kappa shape index (κ1) is 22.4. The first-order valence-electron chi connectivity index (χ1n) is 11.9. The third-order valence-corrected chi connectivity index (χ3v) is 7.15. The maximum atomic E-state index is 13.5. The van der Waals surface area contributed by atoms with Crippen LogP contribution in [0.5, 0.6) is 5.75 Å². The number of carbonyl (C=O) groups is 3. The number of nitrogens with zero attached hydrogens (tertiary/aromatic N) is 1. The molecule has 8 heteroatoms. The summed E-state index contributed by atoms with van der Waals surface area (Å²) in [7, 11) is 1.62. The van der Waals surface area contributed by atoms with E-state index in [1.165, 1.54) is 0 Å². The number of methoxy groups -OCH3 is 1. The molecule has 2 saturated heterocycles. The quantitative estimate of drug-likeness (QED) is 0.648. The van der Waals surface area contributed by atoms with Gasteiger partial charge in [0.05, 0.1) is 18.4 Å². The molecule has 178 valence electrons. The lowest BCUT2D eigenvalue weighted by molar-refractivity contribution is -0.128. The normalized spacial score (nSPS) is 22.8. The molecule has 0 radical (unpaired) electrons. The van der Waals surface area contributed by atoms with Crippen molar-refractivity contribution < 1.29 is 19.1 Å². The molecule has 3 amide bonds. The van der Waals surface area contributed by atoms with E-state index in [4.69, 9.17) is 4.74 Å². The van der Waals surface area contributed by atoms with Crippen LogP contribution in [0.15, 0.2) is 42.5 Å². The van der Waals surface area contributed by atoms with Gasteiger partial charge < -0.3 is 25.6 Å². The highest BCUT2D eigenvalue weighted by Gasteiger charge is 2.40. The minimum Gasteiger partial charge on any atom is -0.497 e. The molecule has 0 spiro atoms. The third-order valence-electron chi connectivity index (χ3n) is 7.15. The Morgan fingerprint density at radius 3 is 2.50 bits per heavy atom. The average molecular weight is 463 g/mol. The van der Waals surface area contributed by atoms with Crippen LogP contribution < -0.4 is 20.7 Å². The highest BCUT2D eigenvalue weighted by Crippen LogP contribution is 2.32. The smallest absolute Gasteiger partial charge is 0.256 e. The zero-order valence-corrected chi connectivity index (χ0v) is 19.3. The zero-order chi connectivity index (χ0) is 23.7. The number of anilines is 1. The van der Waals surface area contributed by atoms with Gasteiger partial charge in [-0.3, -0.25) is 14.4 Å². The number of benzene rings is 2. The summed E-state index contributed by atoms with van der Waals surface area (Å²) in [5.74, 6) is 0.485. The molecule has 3 aliphatic heterocycles. The maximum absolute atomic E-state index is 13.5. The van der Waals surface area contributed by atoms with Crippen LogP contribution in [0.2, 0.25) is 0 Å². The van der Waals surface area contributed by atoms with Gasteiger partial charge in [-0.05, 0) is 74.2 Å². The Morgan fingerprint density at radius 2 is 1.76 bits per heavy atom. The summed E-state index contributed by atoms with van der Waals surface area (Å²) < 4.78 is 5.23. The van der Waals surface area contributed by atoms with Gasteiger partial charge in [0.15, 0.2) is 0 Å². The van der Waals surface area contributed by atoms with Crippen molar-refractivity contribution in [3.8, 4) is 16.9 Å². The second-order valence-electron chi connectivity index (χ2n) is 9.25. The van der Waals surface area contributed by atoms with Gasteiger partial charge in [-0.25, -0.2) is 0 Å². The summed E-state index contributed by atoms with van der Waals surface area (Å²) in [4.78, 5) is 40.9. The van der Waals surface area contributed by atoms with Gasteiger partial charge in [-0.15, -0.1) is 0 Å². The Kier molecular flexibility index (Phi) is 6.24. The van der Waals surface area contributed by atoms with E-state index < -0.39 is 6.04 Å². The molecule has 3 aliphatic rings. The van der Waals surface area contributed by atoms with Crippen LogP contribution in [-0.4, -0.2) is 61.4 Å². The highest BCUT2D eigenvalue weighted by atomic mass is 16.5. The monoisotopic (exact) mass is 462 g/mol. The Morgan fingerprint density at radius 1 is 1.03 bits per heavy atom. The molecule has 34 heavy (non-hydrogen) atoms. The minimum absolute atomic E-state index is 0.0181. The van der Waals surface area contributed by atoms with Gasteiger partial charge in [0.2, 0.25) is 11.8 Å². The van der Waals surface area contributed by atoms with Crippen molar-refractivity contribution in [1.29, 1.82) is 0 Å². The van der Waals surface area contributed by atoms with Crippen LogP contribution in [0.4, 0.5) is 5.69 Å². The summed E-state index contributed by atoms with van der Waals surface area (Å²) in [5, 5.41) is 9.36. The molecule has 3 heterocycles. The summed E-state index contributed by atoms with van der Waals surface area (Å²) in [6, 6.07) is 12.5. The van der Waals surface area contributed by atoms with Crippen LogP contribution in [0.25, 0.3) is 11.1 Å². The van der Waals surface area contributed by atoms with Crippen molar-refractivity contribution in [2.75, 3.05) is 32.1 Å². The van der Waals surface area contributed by atoms with Crippen molar-refractivity contribution in [3.63, 3.8) is 0 Å². The van der Waals surface area contributed by atoms with E-state index in [9.17, 15) is 14.4 Å². The zero-order valence-electron chi connectivity index (χ0n) is 19.3. The molecule has 8 nitrogen and oxygen atoms in total. The molecular formula is C26H30N4O4. The summed E-state index contributed by atoms with van der Waals surface area (Å²) in [6.07, 6.45) is 2.73. The summed E-state index contributed by atoms with van der Waals surface area (Å²) in [6.45, 7) is 2.14. The number of piperidine rings is 2. The molecule has 2 unspecified atom stereocenters. The molecule has 0 aliphatic carbocycles. The van der Waals surface area contributed by atoms with Crippen LogP contribution >= 0.6 is 0 Å². The van der Waals surface area contributed by atoms with Crippen LogP contribution in [-0.2, 0) is 9.59 Å².